The molecule has 0 aliphatic carbocycles. The van der Waals surface area contributed by atoms with E-state index in [9.17, 15) is 24.0 Å². The summed E-state index contributed by atoms with van der Waals surface area (Å²) in [6.45, 7) is 6.75. The molecule has 2 saturated heterocycles. The molecule has 150 valence electrons. The van der Waals surface area contributed by atoms with Crippen LogP contribution in [0.5, 0.6) is 0 Å². The summed E-state index contributed by atoms with van der Waals surface area (Å²) in [6, 6.07) is -0.870. The van der Waals surface area contributed by atoms with Gasteiger partial charge in [0.15, 0.2) is 6.10 Å². The van der Waals surface area contributed by atoms with Crippen LogP contribution in [0.3, 0.4) is 0 Å². The number of likely N-dealkylation sites (tertiary alicyclic amines) is 1. The number of hydrogen-bond acceptors (Lipinski definition) is 8. The highest BCUT2D eigenvalue weighted by Gasteiger charge is 2.40. The van der Waals surface area contributed by atoms with Crippen LogP contribution in [-0.2, 0) is 33.5 Å². The molecule has 0 aromatic heterocycles. The van der Waals surface area contributed by atoms with Gasteiger partial charge in [-0.2, -0.15) is 0 Å². The first-order valence-corrected chi connectivity index (χ1v) is 8.77. The molecule has 2 unspecified atom stereocenters. The second-order valence-corrected chi connectivity index (χ2v) is 7.40. The Kier molecular flexibility index (Phi) is 6.07. The number of amides is 3. The van der Waals surface area contributed by atoms with Crippen molar-refractivity contribution in [1.29, 1.82) is 0 Å². The Morgan fingerprint density at radius 3 is 2.26 bits per heavy atom. The lowest BCUT2D eigenvalue weighted by Gasteiger charge is -2.28. The molecule has 0 saturated carbocycles. The summed E-state index contributed by atoms with van der Waals surface area (Å²) in [5.74, 6) is -3.08. The zero-order chi connectivity index (χ0) is 20.4. The molecule has 2 aliphatic heterocycles. The predicted octanol–water partition coefficient (Wildman–Crippen LogP) is 0.925. The quantitative estimate of drug-likeness (QED) is 0.518. The molecule has 0 bridgehead atoms. The van der Waals surface area contributed by atoms with Crippen molar-refractivity contribution < 1.29 is 38.3 Å². The van der Waals surface area contributed by atoms with E-state index in [0.717, 1.165) is 0 Å². The Hall–Kier alpha value is -2.65. The van der Waals surface area contributed by atoms with E-state index in [-0.39, 0.29) is 12.8 Å². The van der Waals surface area contributed by atoms with Crippen LogP contribution >= 0.6 is 0 Å². The van der Waals surface area contributed by atoms with Gasteiger partial charge in [0.1, 0.15) is 11.6 Å². The van der Waals surface area contributed by atoms with Gasteiger partial charge in [0.05, 0.1) is 0 Å². The third kappa shape index (κ3) is 5.18. The number of imide groups is 1. The predicted molar refractivity (Wildman–Crippen MR) is 88.7 cm³/mol. The minimum atomic E-state index is -1.35. The maximum absolute atomic E-state index is 12.4. The van der Waals surface area contributed by atoms with Crippen LogP contribution in [0.25, 0.3) is 0 Å². The highest BCUT2D eigenvalue weighted by atomic mass is 16.7. The van der Waals surface area contributed by atoms with E-state index >= 15 is 0 Å². The van der Waals surface area contributed by atoms with E-state index in [1.165, 1.54) is 11.8 Å². The summed E-state index contributed by atoms with van der Waals surface area (Å²) in [6.07, 6.45) is -1.08. The minimum absolute atomic E-state index is 0.0345. The van der Waals surface area contributed by atoms with Gasteiger partial charge < -0.3 is 14.3 Å². The summed E-state index contributed by atoms with van der Waals surface area (Å²) in [5, 5.41) is 0.384. The zero-order valence-corrected chi connectivity index (χ0v) is 15.9. The third-order valence-electron chi connectivity index (χ3n) is 3.96. The number of carbonyl (C=O) groups is 5. The average molecular weight is 384 g/mol. The normalized spacial score (nSPS) is 21.3. The topological polar surface area (TPSA) is 120 Å². The Bertz CT molecular complexity index is 638. The number of carbonyl (C=O) groups excluding carboxylic acids is 5. The number of ether oxygens (including phenoxy) is 2. The summed E-state index contributed by atoms with van der Waals surface area (Å²) in [4.78, 5) is 65.5. The van der Waals surface area contributed by atoms with Gasteiger partial charge in [0, 0.05) is 19.4 Å². The van der Waals surface area contributed by atoms with Crippen molar-refractivity contribution in [3.05, 3.63) is 0 Å². The van der Waals surface area contributed by atoms with Crippen LogP contribution in [0.15, 0.2) is 0 Å². The van der Waals surface area contributed by atoms with Gasteiger partial charge in [-0.15, -0.1) is 5.06 Å². The molecule has 10 heteroatoms. The summed E-state index contributed by atoms with van der Waals surface area (Å²) < 4.78 is 10.3. The molecule has 0 spiro atoms. The first-order valence-electron chi connectivity index (χ1n) is 8.77. The van der Waals surface area contributed by atoms with Crippen LogP contribution in [0.4, 0.5) is 4.79 Å². The van der Waals surface area contributed by atoms with E-state index < -0.39 is 47.6 Å². The fourth-order valence-electron chi connectivity index (χ4n) is 2.67. The SMILES string of the molecule is CC(OC(=O)C1CCCN1C(=O)OC(C)(C)C)C(=O)ON1C(=O)CCC1=O. The second kappa shape index (κ2) is 7.93. The molecule has 2 atom stereocenters. The molecule has 0 aromatic carbocycles. The van der Waals surface area contributed by atoms with Crippen molar-refractivity contribution in [1.82, 2.24) is 9.96 Å². The molecular formula is C17H24N2O8. The first kappa shape index (κ1) is 20.7. The number of hydrogen-bond donors (Lipinski definition) is 0. The van der Waals surface area contributed by atoms with Crippen LogP contribution in [0.1, 0.15) is 53.4 Å². The Morgan fingerprint density at radius 2 is 1.70 bits per heavy atom. The maximum Gasteiger partial charge on any atom is 0.411 e. The lowest BCUT2D eigenvalue weighted by atomic mass is 10.2. The smallest absolute Gasteiger partial charge is 0.411 e. The van der Waals surface area contributed by atoms with Gasteiger partial charge in [-0.05, 0) is 40.5 Å². The summed E-state index contributed by atoms with van der Waals surface area (Å²) in [5.41, 5.74) is -0.708. The largest absolute Gasteiger partial charge is 0.449 e. The molecule has 0 radical (unpaired) electrons. The molecule has 2 aliphatic rings. The highest BCUT2D eigenvalue weighted by molar-refractivity contribution is 6.01. The zero-order valence-electron chi connectivity index (χ0n) is 15.9. The Balaban J connectivity index is 1.92. The molecule has 3 amide bonds. The van der Waals surface area contributed by atoms with Crippen LogP contribution in [0, 0.1) is 0 Å². The van der Waals surface area contributed by atoms with E-state index in [2.05, 4.69) is 0 Å². The van der Waals surface area contributed by atoms with Crippen LogP contribution < -0.4 is 0 Å². The molecule has 2 rings (SSSR count). The molecule has 2 heterocycles. The van der Waals surface area contributed by atoms with Crippen LogP contribution in [-0.4, -0.2) is 64.1 Å². The third-order valence-corrected chi connectivity index (χ3v) is 3.96. The van der Waals surface area contributed by atoms with Gasteiger partial charge >= 0.3 is 18.0 Å². The fourth-order valence-corrected chi connectivity index (χ4v) is 2.67. The van der Waals surface area contributed by atoms with Crippen molar-refractivity contribution in [2.45, 2.75) is 71.1 Å². The number of hydroxylamine groups is 2. The van der Waals surface area contributed by atoms with Gasteiger partial charge in [-0.25, -0.2) is 14.4 Å². The van der Waals surface area contributed by atoms with Crippen molar-refractivity contribution >= 4 is 29.8 Å². The lowest BCUT2D eigenvalue weighted by Crippen LogP contribution is -2.45. The van der Waals surface area contributed by atoms with E-state index in [4.69, 9.17) is 14.3 Å². The summed E-state index contributed by atoms with van der Waals surface area (Å²) in [7, 11) is 0. The Morgan fingerprint density at radius 1 is 1.11 bits per heavy atom. The fraction of sp³-hybridized carbons (Fsp3) is 0.706. The van der Waals surface area contributed by atoms with E-state index in [1.807, 2.05) is 0 Å². The van der Waals surface area contributed by atoms with Crippen LogP contribution in [0.2, 0.25) is 0 Å². The van der Waals surface area contributed by atoms with Gasteiger partial charge in [-0.1, -0.05) is 0 Å². The van der Waals surface area contributed by atoms with Gasteiger partial charge in [-0.3, -0.25) is 14.5 Å². The first-order chi connectivity index (χ1) is 12.5. The molecule has 27 heavy (non-hydrogen) atoms. The van der Waals surface area contributed by atoms with Crippen molar-refractivity contribution in [2.24, 2.45) is 0 Å². The molecular weight excluding hydrogens is 360 g/mol. The standard InChI is InChI=1S/C17H24N2O8/c1-10(14(22)27-19-12(20)7-8-13(19)21)25-15(23)11-6-5-9-18(11)16(24)26-17(2,3)4/h10-11H,5-9H2,1-4H3. The second-order valence-electron chi connectivity index (χ2n) is 7.40. The monoisotopic (exact) mass is 384 g/mol. The van der Waals surface area contributed by atoms with Crippen molar-refractivity contribution in [3.8, 4) is 0 Å². The lowest BCUT2D eigenvalue weighted by molar-refractivity contribution is -0.205. The van der Waals surface area contributed by atoms with E-state index in [0.29, 0.717) is 24.4 Å². The molecule has 10 nitrogen and oxygen atoms in total. The van der Waals surface area contributed by atoms with Crippen molar-refractivity contribution in [2.75, 3.05) is 6.54 Å². The van der Waals surface area contributed by atoms with E-state index in [1.54, 1.807) is 20.8 Å². The number of nitrogens with zero attached hydrogens (tertiary/aromatic N) is 2. The average Bonchev–Trinajstić information content (AvgIpc) is 3.15. The van der Waals surface area contributed by atoms with Crippen molar-refractivity contribution in [3.63, 3.8) is 0 Å². The molecule has 0 N–H and O–H groups in total. The Labute approximate surface area is 156 Å². The highest BCUT2D eigenvalue weighted by Crippen LogP contribution is 2.22. The minimum Gasteiger partial charge on any atom is -0.449 e. The molecule has 0 aromatic rings. The van der Waals surface area contributed by atoms with Gasteiger partial charge in [0.25, 0.3) is 11.8 Å². The number of esters is 1. The summed E-state index contributed by atoms with van der Waals surface area (Å²) >= 11 is 0. The maximum atomic E-state index is 12.4. The van der Waals surface area contributed by atoms with Gasteiger partial charge in [0.2, 0.25) is 0 Å². The molecule has 2 fully saturated rings. The number of rotatable bonds is 4.